The molecular formula is C10H19N3O2. The minimum atomic E-state index is -0.260. The number of hydrogen-bond donors (Lipinski definition) is 1. The highest BCUT2D eigenvalue weighted by Crippen LogP contribution is 2.04. The van der Waals surface area contributed by atoms with Crippen molar-refractivity contribution in [3.63, 3.8) is 0 Å². The van der Waals surface area contributed by atoms with Crippen LogP contribution in [0.2, 0.25) is 0 Å². The van der Waals surface area contributed by atoms with Crippen molar-refractivity contribution in [2.45, 2.75) is 26.3 Å². The van der Waals surface area contributed by atoms with E-state index in [9.17, 15) is 9.59 Å². The van der Waals surface area contributed by atoms with E-state index in [4.69, 9.17) is 0 Å². The quantitative estimate of drug-likeness (QED) is 0.628. The van der Waals surface area contributed by atoms with Gasteiger partial charge in [-0.05, 0) is 20.8 Å². The summed E-state index contributed by atoms with van der Waals surface area (Å²) in [5.41, 5.74) is -0.260. The Morgan fingerprint density at radius 1 is 1.33 bits per heavy atom. The number of carbonyl (C=O) groups is 2. The maximum Gasteiger partial charge on any atom is 0.318 e. The van der Waals surface area contributed by atoms with E-state index in [1.54, 1.807) is 16.8 Å². The molecule has 0 unspecified atom stereocenters. The van der Waals surface area contributed by atoms with Crippen LogP contribution in [0.3, 0.4) is 0 Å². The molecule has 1 fully saturated rings. The SMILES string of the molecule is CN1CCN(C(=O)NC(C)(C)C)CC1=O. The van der Waals surface area contributed by atoms with Crippen molar-refractivity contribution in [2.75, 3.05) is 26.7 Å². The lowest BCUT2D eigenvalue weighted by atomic mass is 10.1. The second-order valence-corrected chi connectivity index (χ2v) is 4.92. The molecule has 0 atom stereocenters. The van der Waals surface area contributed by atoms with E-state index in [-0.39, 0.29) is 24.0 Å². The van der Waals surface area contributed by atoms with Crippen molar-refractivity contribution in [3.8, 4) is 0 Å². The third-order valence-corrected chi connectivity index (χ3v) is 2.23. The lowest BCUT2D eigenvalue weighted by molar-refractivity contribution is -0.133. The van der Waals surface area contributed by atoms with Gasteiger partial charge in [0.25, 0.3) is 0 Å². The lowest BCUT2D eigenvalue weighted by Crippen LogP contribution is -2.56. The summed E-state index contributed by atoms with van der Waals surface area (Å²) < 4.78 is 0. The molecule has 0 saturated carbocycles. The van der Waals surface area contributed by atoms with Gasteiger partial charge in [0.15, 0.2) is 0 Å². The first-order valence-electron chi connectivity index (χ1n) is 5.10. The Labute approximate surface area is 90.4 Å². The molecule has 86 valence electrons. The first-order chi connectivity index (χ1) is 6.79. The predicted octanol–water partition coefficient (Wildman–Crippen LogP) is 0.268. The molecule has 1 aliphatic heterocycles. The van der Waals surface area contributed by atoms with Gasteiger partial charge in [0.2, 0.25) is 5.91 Å². The molecular weight excluding hydrogens is 194 g/mol. The highest BCUT2D eigenvalue weighted by atomic mass is 16.2. The van der Waals surface area contributed by atoms with Gasteiger partial charge in [-0.2, -0.15) is 0 Å². The average molecular weight is 213 g/mol. The molecule has 0 spiro atoms. The summed E-state index contributed by atoms with van der Waals surface area (Å²) in [6, 6.07) is -0.163. The van der Waals surface area contributed by atoms with Gasteiger partial charge >= 0.3 is 6.03 Å². The molecule has 0 aromatic heterocycles. The molecule has 0 radical (unpaired) electrons. The van der Waals surface area contributed by atoms with Gasteiger partial charge in [-0.1, -0.05) is 0 Å². The molecule has 0 aromatic carbocycles. The Balaban J connectivity index is 2.52. The number of nitrogens with zero attached hydrogens (tertiary/aromatic N) is 2. The summed E-state index contributed by atoms with van der Waals surface area (Å²) in [5, 5.41) is 2.84. The number of urea groups is 1. The normalized spacial score (nSPS) is 18.0. The second-order valence-electron chi connectivity index (χ2n) is 4.92. The molecule has 1 saturated heterocycles. The van der Waals surface area contributed by atoms with Crippen molar-refractivity contribution in [2.24, 2.45) is 0 Å². The number of nitrogens with one attached hydrogen (secondary N) is 1. The first-order valence-corrected chi connectivity index (χ1v) is 5.10. The molecule has 5 heteroatoms. The van der Waals surface area contributed by atoms with Gasteiger partial charge in [-0.25, -0.2) is 4.79 Å². The Kier molecular flexibility index (Phi) is 3.21. The zero-order valence-corrected chi connectivity index (χ0v) is 9.83. The van der Waals surface area contributed by atoms with Crippen LogP contribution in [0.5, 0.6) is 0 Å². The molecule has 3 amide bonds. The molecule has 0 aromatic rings. The molecule has 0 aliphatic carbocycles. The highest BCUT2D eigenvalue weighted by Gasteiger charge is 2.26. The van der Waals surface area contributed by atoms with Crippen LogP contribution in [0.25, 0.3) is 0 Å². The number of carbonyl (C=O) groups excluding carboxylic acids is 2. The van der Waals surface area contributed by atoms with Crippen molar-refractivity contribution in [3.05, 3.63) is 0 Å². The van der Waals surface area contributed by atoms with Crippen molar-refractivity contribution < 1.29 is 9.59 Å². The van der Waals surface area contributed by atoms with Crippen LogP contribution in [-0.2, 0) is 4.79 Å². The molecule has 1 rings (SSSR count). The zero-order valence-electron chi connectivity index (χ0n) is 9.83. The summed E-state index contributed by atoms with van der Waals surface area (Å²) in [5.74, 6) is -0.00897. The maximum atomic E-state index is 11.7. The fourth-order valence-electron chi connectivity index (χ4n) is 1.33. The van der Waals surface area contributed by atoms with Crippen LogP contribution in [0.1, 0.15) is 20.8 Å². The monoisotopic (exact) mass is 213 g/mol. The van der Waals surface area contributed by atoms with Crippen LogP contribution < -0.4 is 5.32 Å². The number of hydrogen-bond acceptors (Lipinski definition) is 2. The van der Waals surface area contributed by atoms with Crippen LogP contribution >= 0.6 is 0 Å². The number of piperazine rings is 1. The molecule has 1 N–H and O–H groups in total. The summed E-state index contributed by atoms with van der Waals surface area (Å²) in [6.45, 7) is 7.15. The van der Waals surface area contributed by atoms with Gasteiger partial charge < -0.3 is 15.1 Å². The van der Waals surface area contributed by atoms with Crippen LogP contribution in [0.15, 0.2) is 0 Å². The van der Waals surface area contributed by atoms with Gasteiger partial charge in [0, 0.05) is 25.7 Å². The van der Waals surface area contributed by atoms with Crippen molar-refractivity contribution in [1.29, 1.82) is 0 Å². The molecule has 0 bridgehead atoms. The van der Waals surface area contributed by atoms with Gasteiger partial charge in [0.05, 0.1) is 0 Å². The third-order valence-electron chi connectivity index (χ3n) is 2.23. The van der Waals surface area contributed by atoms with E-state index in [1.807, 2.05) is 20.8 Å². The van der Waals surface area contributed by atoms with E-state index in [2.05, 4.69) is 5.32 Å². The van der Waals surface area contributed by atoms with E-state index >= 15 is 0 Å². The molecule has 5 nitrogen and oxygen atoms in total. The Bertz CT molecular complexity index is 270. The largest absolute Gasteiger partial charge is 0.342 e. The Hall–Kier alpha value is -1.26. The molecule has 1 aliphatic rings. The maximum absolute atomic E-state index is 11.7. The fourth-order valence-corrected chi connectivity index (χ4v) is 1.33. The van der Waals surface area contributed by atoms with Crippen LogP contribution in [0.4, 0.5) is 4.79 Å². The van der Waals surface area contributed by atoms with E-state index in [0.717, 1.165) is 0 Å². The fraction of sp³-hybridized carbons (Fsp3) is 0.800. The van der Waals surface area contributed by atoms with E-state index in [1.165, 1.54) is 0 Å². The first kappa shape index (κ1) is 11.8. The molecule has 1 heterocycles. The van der Waals surface area contributed by atoms with E-state index < -0.39 is 0 Å². The lowest BCUT2D eigenvalue weighted by Gasteiger charge is -2.34. The summed E-state index contributed by atoms with van der Waals surface area (Å²) >= 11 is 0. The topological polar surface area (TPSA) is 52.6 Å². The van der Waals surface area contributed by atoms with Gasteiger partial charge in [0.1, 0.15) is 6.54 Å². The minimum absolute atomic E-state index is 0.00897. The number of amides is 3. The summed E-state index contributed by atoms with van der Waals surface area (Å²) in [6.07, 6.45) is 0. The summed E-state index contributed by atoms with van der Waals surface area (Å²) in [4.78, 5) is 26.3. The highest BCUT2D eigenvalue weighted by molar-refractivity contribution is 5.85. The van der Waals surface area contributed by atoms with Crippen LogP contribution in [0, 0.1) is 0 Å². The number of rotatable bonds is 0. The summed E-state index contributed by atoms with van der Waals surface area (Å²) in [7, 11) is 1.75. The second kappa shape index (κ2) is 4.08. The third kappa shape index (κ3) is 3.42. The van der Waals surface area contributed by atoms with Crippen molar-refractivity contribution in [1.82, 2.24) is 15.1 Å². The number of likely N-dealkylation sites (N-methyl/N-ethyl adjacent to an activating group) is 1. The van der Waals surface area contributed by atoms with Crippen molar-refractivity contribution >= 4 is 11.9 Å². The van der Waals surface area contributed by atoms with Gasteiger partial charge in [-0.15, -0.1) is 0 Å². The average Bonchev–Trinajstić information content (AvgIpc) is 2.06. The van der Waals surface area contributed by atoms with Crippen LogP contribution in [-0.4, -0.2) is 54.0 Å². The molecule has 15 heavy (non-hydrogen) atoms. The van der Waals surface area contributed by atoms with Gasteiger partial charge in [-0.3, -0.25) is 4.79 Å². The van der Waals surface area contributed by atoms with E-state index in [0.29, 0.717) is 13.1 Å². The zero-order chi connectivity index (χ0) is 11.6. The Morgan fingerprint density at radius 2 is 1.93 bits per heavy atom. The standard InChI is InChI=1S/C10H19N3O2/c1-10(2,3)11-9(15)13-6-5-12(4)8(14)7-13/h5-7H2,1-4H3,(H,11,15). The predicted molar refractivity (Wildman–Crippen MR) is 57.5 cm³/mol. The minimum Gasteiger partial charge on any atom is -0.342 e. The smallest absolute Gasteiger partial charge is 0.318 e. The Morgan fingerprint density at radius 3 is 2.40 bits per heavy atom.